The van der Waals surface area contributed by atoms with Gasteiger partial charge >= 0.3 is 0 Å². The van der Waals surface area contributed by atoms with E-state index in [2.05, 4.69) is 4.98 Å². The van der Waals surface area contributed by atoms with Gasteiger partial charge in [0.1, 0.15) is 5.82 Å². The number of carbonyl (C=O) groups excluding carboxylic acids is 1. The van der Waals surface area contributed by atoms with Gasteiger partial charge in [0, 0.05) is 28.2 Å². The van der Waals surface area contributed by atoms with E-state index in [-0.39, 0.29) is 10.8 Å². The normalized spacial score (nSPS) is 10.8. The van der Waals surface area contributed by atoms with Crippen molar-refractivity contribution in [2.45, 2.75) is 0 Å². The molecule has 0 atom stereocenters. The van der Waals surface area contributed by atoms with Crippen LogP contribution in [0, 0.1) is 5.82 Å². The van der Waals surface area contributed by atoms with Crippen LogP contribution in [-0.2, 0) is 0 Å². The molecule has 0 saturated heterocycles. The number of benzene rings is 2. The first-order chi connectivity index (χ1) is 9.16. The first kappa shape index (κ1) is 11.9. The van der Waals surface area contributed by atoms with Gasteiger partial charge in [-0.15, -0.1) is 0 Å². The van der Waals surface area contributed by atoms with Gasteiger partial charge in [0.25, 0.3) is 0 Å². The van der Waals surface area contributed by atoms with E-state index >= 15 is 0 Å². The molecule has 19 heavy (non-hydrogen) atoms. The number of aromatic amines is 1. The summed E-state index contributed by atoms with van der Waals surface area (Å²) in [5, 5.41) is 0.790. The fourth-order valence-corrected chi connectivity index (χ4v) is 2.23. The van der Waals surface area contributed by atoms with Crippen molar-refractivity contribution < 1.29 is 9.18 Å². The number of ketones is 1. The Kier molecular flexibility index (Phi) is 2.84. The van der Waals surface area contributed by atoms with Crippen molar-refractivity contribution in [3.8, 4) is 0 Å². The number of rotatable bonds is 2. The Morgan fingerprint density at radius 2 is 1.95 bits per heavy atom. The molecule has 4 heteroatoms. The molecule has 0 bridgehead atoms. The average molecular weight is 274 g/mol. The molecule has 1 aromatic heterocycles. The van der Waals surface area contributed by atoms with Gasteiger partial charge in [-0.05, 0) is 24.3 Å². The molecule has 0 saturated carbocycles. The van der Waals surface area contributed by atoms with Gasteiger partial charge in [-0.1, -0.05) is 29.8 Å². The summed E-state index contributed by atoms with van der Waals surface area (Å²) >= 11 is 5.70. The zero-order valence-corrected chi connectivity index (χ0v) is 10.5. The minimum absolute atomic E-state index is 0.0503. The molecule has 2 aromatic carbocycles. The Bertz CT molecular complexity index is 779. The number of para-hydroxylation sites is 1. The number of halogens is 2. The highest BCUT2D eigenvalue weighted by Crippen LogP contribution is 2.23. The van der Waals surface area contributed by atoms with E-state index < -0.39 is 5.82 Å². The number of hydrogen-bond donors (Lipinski definition) is 1. The molecule has 3 aromatic rings. The van der Waals surface area contributed by atoms with Crippen molar-refractivity contribution in [2.24, 2.45) is 0 Å². The van der Waals surface area contributed by atoms with E-state index in [0.717, 1.165) is 10.9 Å². The molecule has 1 heterocycles. The highest BCUT2D eigenvalue weighted by molar-refractivity contribution is 6.31. The second-order valence-corrected chi connectivity index (χ2v) is 4.61. The maximum atomic E-state index is 13.1. The van der Waals surface area contributed by atoms with Crippen LogP contribution in [-0.4, -0.2) is 10.8 Å². The van der Waals surface area contributed by atoms with Crippen LogP contribution >= 0.6 is 11.6 Å². The molecular formula is C15H9ClFNO. The highest BCUT2D eigenvalue weighted by atomic mass is 35.5. The van der Waals surface area contributed by atoms with E-state index in [1.807, 2.05) is 24.3 Å². The van der Waals surface area contributed by atoms with Crippen molar-refractivity contribution in [3.63, 3.8) is 0 Å². The summed E-state index contributed by atoms with van der Waals surface area (Å²) in [5.74, 6) is -0.712. The van der Waals surface area contributed by atoms with Gasteiger partial charge in [-0.2, -0.15) is 0 Å². The first-order valence-electron chi connectivity index (χ1n) is 5.72. The van der Waals surface area contributed by atoms with Gasteiger partial charge < -0.3 is 4.98 Å². The van der Waals surface area contributed by atoms with Crippen LogP contribution in [0.3, 0.4) is 0 Å². The summed E-state index contributed by atoms with van der Waals surface area (Å²) in [4.78, 5) is 15.4. The van der Waals surface area contributed by atoms with Crippen LogP contribution in [0.25, 0.3) is 10.9 Å². The van der Waals surface area contributed by atoms with Crippen molar-refractivity contribution in [1.82, 2.24) is 4.98 Å². The Balaban J connectivity index is 2.11. The monoisotopic (exact) mass is 273 g/mol. The summed E-state index contributed by atoms with van der Waals surface area (Å²) in [6, 6.07) is 11.5. The largest absolute Gasteiger partial charge is 0.360 e. The lowest BCUT2D eigenvalue weighted by Crippen LogP contribution is -2.00. The molecule has 1 N–H and O–H groups in total. The van der Waals surface area contributed by atoms with Crippen LogP contribution in [0.2, 0.25) is 5.02 Å². The van der Waals surface area contributed by atoms with E-state index in [9.17, 15) is 9.18 Å². The lowest BCUT2D eigenvalue weighted by molar-refractivity contribution is 0.104. The van der Waals surface area contributed by atoms with Gasteiger partial charge in [-0.25, -0.2) is 4.39 Å². The van der Waals surface area contributed by atoms with Crippen molar-refractivity contribution in [3.05, 3.63) is 70.6 Å². The van der Waals surface area contributed by atoms with Crippen molar-refractivity contribution in [2.75, 3.05) is 0 Å². The van der Waals surface area contributed by atoms with E-state index in [1.54, 1.807) is 6.20 Å². The molecule has 0 fully saturated rings. The summed E-state index contributed by atoms with van der Waals surface area (Å²) in [5.41, 5.74) is 1.81. The third-order valence-electron chi connectivity index (χ3n) is 3.02. The molecular weight excluding hydrogens is 265 g/mol. The minimum Gasteiger partial charge on any atom is -0.360 e. The summed E-state index contributed by atoms with van der Waals surface area (Å²) in [6.07, 6.45) is 1.66. The summed E-state index contributed by atoms with van der Waals surface area (Å²) < 4.78 is 13.1. The summed E-state index contributed by atoms with van der Waals surface area (Å²) in [7, 11) is 0. The zero-order chi connectivity index (χ0) is 13.4. The molecule has 0 spiro atoms. The number of carbonyl (C=O) groups is 1. The quantitative estimate of drug-likeness (QED) is 0.698. The van der Waals surface area contributed by atoms with Gasteiger partial charge in [-0.3, -0.25) is 4.79 Å². The van der Waals surface area contributed by atoms with Gasteiger partial charge in [0.05, 0.1) is 5.02 Å². The molecule has 0 aliphatic heterocycles. The molecule has 2 nitrogen and oxygen atoms in total. The number of aromatic nitrogens is 1. The molecule has 0 unspecified atom stereocenters. The fourth-order valence-electron chi connectivity index (χ4n) is 2.05. The Morgan fingerprint density at radius 3 is 2.74 bits per heavy atom. The van der Waals surface area contributed by atoms with E-state index in [0.29, 0.717) is 11.1 Å². The van der Waals surface area contributed by atoms with Crippen LogP contribution in [0.15, 0.2) is 48.7 Å². The minimum atomic E-state index is -0.530. The van der Waals surface area contributed by atoms with Gasteiger partial charge in [0.15, 0.2) is 5.78 Å². The second-order valence-electron chi connectivity index (χ2n) is 4.21. The average Bonchev–Trinajstić information content (AvgIpc) is 2.85. The highest BCUT2D eigenvalue weighted by Gasteiger charge is 2.15. The number of hydrogen-bond acceptors (Lipinski definition) is 1. The maximum absolute atomic E-state index is 13.1. The third kappa shape index (κ3) is 2.02. The molecule has 0 radical (unpaired) electrons. The summed E-state index contributed by atoms with van der Waals surface area (Å²) in [6.45, 7) is 0. The smallest absolute Gasteiger partial charge is 0.195 e. The number of nitrogens with one attached hydrogen (secondary N) is 1. The predicted octanol–water partition coefficient (Wildman–Crippen LogP) is 4.19. The fraction of sp³-hybridized carbons (Fsp3) is 0. The standard InChI is InChI=1S/C15H9ClFNO/c16-12-7-9(5-6-13(12)17)15(19)11-8-18-14-4-2-1-3-10(11)14/h1-8,18H. The van der Waals surface area contributed by atoms with Crippen LogP contribution in [0.5, 0.6) is 0 Å². The molecule has 94 valence electrons. The third-order valence-corrected chi connectivity index (χ3v) is 3.31. The zero-order valence-electron chi connectivity index (χ0n) is 9.78. The molecule has 0 amide bonds. The van der Waals surface area contributed by atoms with Crippen LogP contribution < -0.4 is 0 Å². The van der Waals surface area contributed by atoms with Gasteiger partial charge in [0.2, 0.25) is 0 Å². The number of fused-ring (bicyclic) bond motifs is 1. The predicted molar refractivity (Wildman–Crippen MR) is 73.1 cm³/mol. The first-order valence-corrected chi connectivity index (χ1v) is 6.10. The topological polar surface area (TPSA) is 32.9 Å². The molecule has 3 rings (SSSR count). The maximum Gasteiger partial charge on any atom is 0.195 e. The molecule has 0 aliphatic carbocycles. The lowest BCUT2D eigenvalue weighted by Gasteiger charge is -2.01. The Labute approximate surface area is 113 Å². The Morgan fingerprint density at radius 1 is 1.16 bits per heavy atom. The van der Waals surface area contributed by atoms with E-state index in [4.69, 9.17) is 11.6 Å². The molecule has 0 aliphatic rings. The van der Waals surface area contributed by atoms with Crippen LogP contribution in [0.1, 0.15) is 15.9 Å². The Hall–Kier alpha value is -2.13. The van der Waals surface area contributed by atoms with Crippen LogP contribution in [0.4, 0.5) is 4.39 Å². The van der Waals surface area contributed by atoms with E-state index in [1.165, 1.54) is 18.2 Å². The lowest BCUT2D eigenvalue weighted by atomic mass is 10.0. The number of H-pyrrole nitrogens is 1. The SMILES string of the molecule is O=C(c1ccc(F)c(Cl)c1)c1c[nH]c2ccccc12. The second kappa shape index (κ2) is 4.52. The van der Waals surface area contributed by atoms with Crippen molar-refractivity contribution >= 4 is 28.3 Å². The van der Waals surface area contributed by atoms with Crippen molar-refractivity contribution in [1.29, 1.82) is 0 Å².